The van der Waals surface area contributed by atoms with Crippen LogP contribution in [0.2, 0.25) is 0 Å². The highest BCUT2D eigenvalue weighted by Crippen LogP contribution is 2.27. The van der Waals surface area contributed by atoms with Gasteiger partial charge in [0.05, 0.1) is 11.5 Å². The van der Waals surface area contributed by atoms with Crippen molar-refractivity contribution in [2.24, 2.45) is 5.92 Å². The lowest BCUT2D eigenvalue weighted by molar-refractivity contribution is -0.119. The molecule has 4 rings (SSSR count). The van der Waals surface area contributed by atoms with E-state index >= 15 is 0 Å². The summed E-state index contributed by atoms with van der Waals surface area (Å²) in [5, 5.41) is 13.5. The van der Waals surface area contributed by atoms with Gasteiger partial charge in [-0.15, -0.1) is 10.2 Å². The number of nitrogens with zero attached hydrogens (tertiary/aromatic N) is 5. The van der Waals surface area contributed by atoms with Crippen molar-refractivity contribution in [1.82, 2.24) is 30.0 Å². The zero-order chi connectivity index (χ0) is 23.2. The molecular formula is C24H30N6OS2. The van der Waals surface area contributed by atoms with Crippen molar-refractivity contribution in [2.75, 3.05) is 5.75 Å². The molecule has 2 heterocycles. The Bertz CT molecular complexity index is 1070. The molecule has 1 aromatic carbocycles. The van der Waals surface area contributed by atoms with Crippen molar-refractivity contribution in [3.05, 3.63) is 53.6 Å². The minimum Gasteiger partial charge on any atom is -0.352 e. The fourth-order valence-corrected chi connectivity index (χ4v) is 5.76. The minimum atomic E-state index is 0.0564. The van der Waals surface area contributed by atoms with Gasteiger partial charge in [0.2, 0.25) is 5.91 Å². The normalized spacial score (nSPS) is 18.3. The van der Waals surface area contributed by atoms with Gasteiger partial charge in [-0.05, 0) is 50.8 Å². The second-order valence-electron chi connectivity index (χ2n) is 8.52. The van der Waals surface area contributed by atoms with Crippen LogP contribution in [0.15, 0.2) is 46.7 Å². The number of amides is 1. The molecule has 1 fully saturated rings. The summed E-state index contributed by atoms with van der Waals surface area (Å²) >= 11 is 2.96. The quantitative estimate of drug-likeness (QED) is 0.366. The van der Waals surface area contributed by atoms with Gasteiger partial charge in [-0.3, -0.25) is 9.36 Å². The Morgan fingerprint density at radius 2 is 1.79 bits per heavy atom. The van der Waals surface area contributed by atoms with Crippen LogP contribution in [0.5, 0.6) is 0 Å². The SMILES string of the molecule is Cc1cc(C)nc(SCc2nnc(SCC(=O)N[C@@H]3CCCC[C@@H]3C)n2-c2ccccc2)n1. The van der Waals surface area contributed by atoms with Crippen LogP contribution < -0.4 is 5.32 Å². The van der Waals surface area contributed by atoms with E-state index in [4.69, 9.17) is 0 Å². The van der Waals surface area contributed by atoms with Crippen LogP contribution in [0, 0.1) is 19.8 Å². The third-order valence-electron chi connectivity index (χ3n) is 5.80. The number of nitrogens with one attached hydrogen (secondary N) is 1. The molecule has 7 nitrogen and oxygen atoms in total. The standard InChI is InChI=1S/C24H30N6OS2/c1-16-9-7-8-12-20(16)27-22(31)15-33-24-29-28-21(30(24)19-10-5-4-6-11-19)14-32-23-25-17(2)13-18(3)26-23/h4-6,10-11,13,16,20H,7-9,12,14-15H2,1-3H3,(H,27,31)/t16-,20+/m0/s1. The molecule has 1 N–H and O–H groups in total. The number of hydrogen-bond acceptors (Lipinski definition) is 7. The van der Waals surface area contributed by atoms with E-state index in [1.807, 2.05) is 54.8 Å². The number of hydrogen-bond donors (Lipinski definition) is 1. The summed E-state index contributed by atoms with van der Waals surface area (Å²) in [6, 6.07) is 12.3. The zero-order valence-electron chi connectivity index (χ0n) is 19.3. The van der Waals surface area contributed by atoms with Gasteiger partial charge in [0, 0.05) is 23.1 Å². The molecule has 1 saturated carbocycles. The Morgan fingerprint density at radius 3 is 2.52 bits per heavy atom. The average Bonchev–Trinajstić information content (AvgIpc) is 3.21. The molecule has 1 amide bonds. The fourth-order valence-electron chi connectivity index (χ4n) is 4.12. The minimum absolute atomic E-state index is 0.0564. The molecule has 2 aromatic heterocycles. The second-order valence-corrected chi connectivity index (χ2v) is 10.4. The predicted octanol–water partition coefficient (Wildman–Crippen LogP) is 4.75. The van der Waals surface area contributed by atoms with Crippen LogP contribution >= 0.6 is 23.5 Å². The molecule has 0 bridgehead atoms. The van der Waals surface area contributed by atoms with Crippen molar-refractivity contribution >= 4 is 29.4 Å². The Hall–Kier alpha value is -2.39. The van der Waals surface area contributed by atoms with Gasteiger partial charge in [-0.25, -0.2) is 9.97 Å². The number of benzene rings is 1. The number of carbonyl (C=O) groups excluding carboxylic acids is 1. The van der Waals surface area contributed by atoms with E-state index < -0.39 is 0 Å². The summed E-state index contributed by atoms with van der Waals surface area (Å²) in [4.78, 5) is 21.7. The first-order valence-electron chi connectivity index (χ1n) is 11.4. The summed E-state index contributed by atoms with van der Waals surface area (Å²) < 4.78 is 2.02. The van der Waals surface area contributed by atoms with Crippen molar-refractivity contribution < 1.29 is 4.79 Å². The van der Waals surface area contributed by atoms with Gasteiger partial charge in [0.15, 0.2) is 10.3 Å². The van der Waals surface area contributed by atoms with E-state index in [9.17, 15) is 4.79 Å². The second kappa shape index (κ2) is 11.2. The molecule has 0 spiro atoms. The molecule has 1 aliphatic rings. The highest BCUT2D eigenvalue weighted by atomic mass is 32.2. The maximum absolute atomic E-state index is 12.6. The highest BCUT2D eigenvalue weighted by molar-refractivity contribution is 7.99. The lowest BCUT2D eigenvalue weighted by Gasteiger charge is -2.29. The molecule has 9 heteroatoms. The van der Waals surface area contributed by atoms with E-state index in [1.54, 1.807) is 0 Å². The number of rotatable bonds is 8. The van der Waals surface area contributed by atoms with E-state index in [-0.39, 0.29) is 11.9 Å². The summed E-state index contributed by atoms with van der Waals surface area (Å²) in [6.45, 7) is 6.17. The third-order valence-corrected chi connectivity index (χ3v) is 7.57. The van der Waals surface area contributed by atoms with Gasteiger partial charge in [0.25, 0.3) is 0 Å². The fraction of sp³-hybridized carbons (Fsp3) is 0.458. The number of thioether (sulfide) groups is 2. The molecular weight excluding hydrogens is 452 g/mol. The van der Waals surface area contributed by atoms with Crippen molar-refractivity contribution in [2.45, 2.75) is 68.6 Å². The first-order chi connectivity index (χ1) is 16.0. The lowest BCUT2D eigenvalue weighted by Crippen LogP contribution is -2.41. The van der Waals surface area contributed by atoms with Crippen LogP contribution in [-0.4, -0.2) is 42.4 Å². The largest absolute Gasteiger partial charge is 0.352 e. The van der Waals surface area contributed by atoms with Gasteiger partial charge in [-0.2, -0.15) is 0 Å². The molecule has 3 aromatic rings. The van der Waals surface area contributed by atoms with Crippen molar-refractivity contribution in [3.8, 4) is 5.69 Å². The van der Waals surface area contributed by atoms with Crippen LogP contribution in [0.1, 0.15) is 49.8 Å². The van der Waals surface area contributed by atoms with Crippen LogP contribution in [0.4, 0.5) is 0 Å². The number of carbonyl (C=O) groups is 1. The third kappa shape index (κ3) is 6.35. The summed E-state index contributed by atoms with van der Waals surface area (Å²) in [6.07, 6.45) is 4.71. The monoisotopic (exact) mass is 482 g/mol. The number of aromatic nitrogens is 5. The highest BCUT2D eigenvalue weighted by Gasteiger charge is 2.23. The number of aryl methyl sites for hydroxylation is 2. The summed E-state index contributed by atoms with van der Waals surface area (Å²) in [5.74, 6) is 2.30. The Kier molecular flexibility index (Phi) is 8.03. The van der Waals surface area contributed by atoms with E-state index in [2.05, 4.69) is 32.4 Å². The van der Waals surface area contributed by atoms with Gasteiger partial charge in [-0.1, -0.05) is 61.5 Å². The van der Waals surface area contributed by atoms with Crippen molar-refractivity contribution in [1.29, 1.82) is 0 Å². The molecule has 0 aliphatic heterocycles. The molecule has 33 heavy (non-hydrogen) atoms. The molecule has 174 valence electrons. The summed E-state index contributed by atoms with van der Waals surface area (Å²) in [5.41, 5.74) is 2.87. The van der Waals surface area contributed by atoms with Crippen LogP contribution in [0.25, 0.3) is 5.69 Å². The zero-order valence-corrected chi connectivity index (χ0v) is 21.0. The molecule has 0 saturated heterocycles. The molecule has 0 radical (unpaired) electrons. The first-order valence-corrected chi connectivity index (χ1v) is 13.3. The lowest BCUT2D eigenvalue weighted by atomic mass is 9.86. The average molecular weight is 483 g/mol. The Labute approximate surface area is 203 Å². The van der Waals surface area contributed by atoms with E-state index in [0.29, 0.717) is 22.6 Å². The van der Waals surface area contributed by atoms with E-state index in [1.165, 1.54) is 42.8 Å². The van der Waals surface area contributed by atoms with Gasteiger partial charge in [0.1, 0.15) is 5.82 Å². The van der Waals surface area contributed by atoms with Crippen LogP contribution in [-0.2, 0) is 10.5 Å². The first kappa shape index (κ1) is 23.8. The van der Waals surface area contributed by atoms with Gasteiger partial charge >= 0.3 is 0 Å². The van der Waals surface area contributed by atoms with Crippen molar-refractivity contribution in [3.63, 3.8) is 0 Å². The van der Waals surface area contributed by atoms with E-state index in [0.717, 1.165) is 34.5 Å². The smallest absolute Gasteiger partial charge is 0.230 e. The maximum atomic E-state index is 12.6. The number of para-hydroxylation sites is 1. The summed E-state index contributed by atoms with van der Waals surface area (Å²) in [7, 11) is 0. The molecule has 0 unspecified atom stereocenters. The molecule has 2 atom stereocenters. The Morgan fingerprint density at radius 1 is 1.06 bits per heavy atom. The topological polar surface area (TPSA) is 85.6 Å². The van der Waals surface area contributed by atoms with Gasteiger partial charge < -0.3 is 5.32 Å². The molecule has 1 aliphatic carbocycles. The Balaban J connectivity index is 1.47. The maximum Gasteiger partial charge on any atom is 0.230 e. The van der Waals surface area contributed by atoms with Crippen LogP contribution in [0.3, 0.4) is 0 Å². The predicted molar refractivity (Wildman–Crippen MR) is 133 cm³/mol.